The number of aliphatic imine (C=N–C) groups is 1. The van der Waals surface area contributed by atoms with Crippen molar-refractivity contribution < 1.29 is 14.6 Å². The van der Waals surface area contributed by atoms with Gasteiger partial charge < -0.3 is 14.6 Å². The van der Waals surface area contributed by atoms with Gasteiger partial charge in [-0.15, -0.1) is 0 Å². The number of aliphatic hydroxyl groups excluding tert-OH is 1. The van der Waals surface area contributed by atoms with Crippen LogP contribution in [0, 0.1) is 6.92 Å². The molecule has 0 aromatic heterocycles. The van der Waals surface area contributed by atoms with Gasteiger partial charge in [0.25, 0.3) is 0 Å². The fourth-order valence-electron chi connectivity index (χ4n) is 3.37. The highest BCUT2D eigenvalue weighted by molar-refractivity contribution is 5.91. The lowest BCUT2D eigenvalue weighted by Gasteiger charge is -2.20. The predicted octanol–water partition coefficient (Wildman–Crippen LogP) is 3.75. The number of ether oxygens (including phenoxy) is 2. The van der Waals surface area contributed by atoms with Gasteiger partial charge in [0.1, 0.15) is 18.8 Å². The summed E-state index contributed by atoms with van der Waals surface area (Å²) in [5.74, 6) is 0.499. The van der Waals surface area contributed by atoms with Crippen LogP contribution in [-0.4, -0.2) is 28.8 Å². The Kier molecular flexibility index (Phi) is 3.71. The van der Waals surface area contributed by atoms with Crippen molar-refractivity contribution in [2.75, 3.05) is 6.61 Å². The highest BCUT2D eigenvalue weighted by Crippen LogP contribution is 2.58. The summed E-state index contributed by atoms with van der Waals surface area (Å²) in [6.07, 6.45) is -1.11. The van der Waals surface area contributed by atoms with Crippen LogP contribution in [0.15, 0.2) is 59.6 Å². The summed E-state index contributed by atoms with van der Waals surface area (Å²) in [5, 5.41) is 11.1. The van der Waals surface area contributed by atoms with Gasteiger partial charge in [0.2, 0.25) is 11.5 Å². The van der Waals surface area contributed by atoms with Crippen LogP contribution >= 0.6 is 0 Å². The Morgan fingerprint density at radius 2 is 1.76 bits per heavy atom. The van der Waals surface area contributed by atoms with Gasteiger partial charge in [-0.1, -0.05) is 60.2 Å². The van der Waals surface area contributed by atoms with Crippen molar-refractivity contribution in [3.63, 3.8) is 0 Å². The molecule has 1 N–H and O–H groups in total. The molecule has 4 heteroatoms. The Labute approximate surface area is 148 Å². The van der Waals surface area contributed by atoms with Crippen molar-refractivity contribution in [3.8, 4) is 0 Å². The Balaban J connectivity index is 1.74. The predicted molar refractivity (Wildman–Crippen MR) is 96.6 cm³/mol. The van der Waals surface area contributed by atoms with E-state index in [9.17, 15) is 5.11 Å². The monoisotopic (exact) mass is 337 g/mol. The fraction of sp³-hybridized carbons (Fsp3) is 0.381. The first-order valence-corrected chi connectivity index (χ1v) is 8.63. The topological polar surface area (TPSA) is 54.4 Å². The number of nitrogens with zero attached hydrogens (tertiary/aromatic N) is 1. The molecular formula is C21H23NO3. The molecule has 0 spiro atoms. The van der Waals surface area contributed by atoms with Gasteiger partial charge in [-0.3, -0.25) is 0 Å². The van der Waals surface area contributed by atoms with E-state index in [-0.39, 0.29) is 11.6 Å². The van der Waals surface area contributed by atoms with Crippen LogP contribution in [-0.2, 0) is 9.47 Å². The molecule has 3 atom stereocenters. The molecule has 1 saturated heterocycles. The largest absolute Gasteiger partial charge is 0.476 e. The quantitative estimate of drug-likeness (QED) is 0.865. The first-order chi connectivity index (χ1) is 11.9. The van der Waals surface area contributed by atoms with Crippen LogP contribution in [0.3, 0.4) is 0 Å². The van der Waals surface area contributed by atoms with Crippen molar-refractivity contribution in [3.05, 3.63) is 71.3 Å². The van der Waals surface area contributed by atoms with Crippen molar-refractivity contribution in [1.29, 1.82) is 0 Å². The number of epoxide rings is 1. The second kappa shape index (κ2) is 5.68. The molecule has 2 aliphatic heterocycles. The number of hydrogen-bond acceptors (Lipinski definition) is 4. The van der Waals surface area contributed by atoms with E-state index in [1.165, 1.54) is 5.56 Å². The van der Waals surface area contributed by atoms with Crippen LogP contribution in [0.2, 0.25) is 0 Å². The van der Waals surface area contributed by atoms with Crippen LogP contribution in [0.1, 0.15) is 42.7 Å². The molecule has 0 aliphatic carbocycles. The lowest BCUT2D eigenvalue weighted by Crippen LogP contribution is -2.33. The normalized spacial score (nSPS) is 28.2. The van der Waals surface area contributed by atoms with E-state index >= 15 is 0 Å². The van der Waals surface area contributed by atoms with Gasteiger partial charge >= 0.3 is 0 Å². The van der Waals surface area contributed by atoms with Crippen molar-refractivity contribution in [1.82, 2.24) is 0 Å². The smallest absolute Gasteiger partial charge is 0.223 e. The minimum absolute atomic E-state index is 0.268. The number of aliphatic hydroxyl groups is 1. The third kappa shape index (κ3) is 2.75. The minimum Gasteiger partial charge on any atom is -0.476 e. The summed E-state index contributed by atoms with van der Waals surface area (Å²) >= 11 is 0. The van der Waals surface area contributed by atoms with E-state index in [1.54, 1.807) is 0 Å². The van der Waals surface area contributed by atoms with E-state index in [0.29, 0.717) is 12.5 Å². The van der Waals surface area contributed by atoms with Crippen molar-refractivity contribution in [2.45, 2.75) is 44.1 Å². The maximum Gasteiger partial charge on any atom is 0.223 e. The van der Waals surface area contributed by atoms with E-state index in [2.05, 4.69) is 19.1 Å². The van der Waals surface area contributed by atoms with Crippen LogP contribution in [0.4, 0.5) is 0 Å². The second-order valence-electron chi connectivity index (χ2n) is 7.53. The first kappa shape index (κ1) is 16.3. The van der Waals surface area contributed by atoms with Crippen molar-refractivity contribution >= 4 is 5.90 Å². The van der Waals surface area contributed by atoms with Gasteiger partial charge in [0.15, 0.2) is 0 Å². The standard InChI is InChI=1S/C21H23NO3/c1-14-9-11-16(12-10-14)18-21(25-18,19-22-20(2,3)13-24-19)17(23)15-7-5-4-6-8-15/h4-12,17-18,23H,13H2,1-3H3/t17-,18+,21-/m0/s1. The zero-order valence-electron chi connectivity index (χ0n) is 14.8. The third-order valence-corrected chi connectivity index (χ3v) is 4.85. The summed E-state index contributed by atoms with van der Waals surface area (Å²) in [5.41, 5.74) is 1.76. The highest BCUT2D eigenvalue weighted by atomic mass is 16.7. The van der Waals surface area contributed by atoms with Crippen LogP contribution in [0.25, 0.3) is 0 Å². The Morgan fingerprint density at radius 1 is 1.08 bits per heavy atom. The number of aryl methyl sites for hydroxylation is 1. The molecule has 0 unspecified atom stereocenters. The molecule has 130 valence electrons. The molecule has 0 amide bonds. The summed E-state index contributed by atoms with van der Waals surface area (Å²) in [6.45, 7) is 6.59. The highest BCUT2D eigenvalue weighted by Gasteiger charge is 2.68. The van der Waals surface area contributed by atoms with Gasteiger partial charge in [-0.25, -0.2) is 4.99 Å². The van der Waals surface area contributed by atoms with E-state index < -0.39 is 11.7 Å². The average molecular weight is 337 g/mol. The van der Waals surface area contributed by atoms with E-state index in [0.717, 1.165) is 11.1 Å². The molecule has 1 fully saturated rings. The molecule has 25 heavy (non-hydrogen) atoms. The van der Waals surface area contributed by atoms with Crippen LogP contribution in [0.5, 0.6) is 0 Å². The molecule has 2 aromatic carbocycles. The van der Waals surface area contributed by atoms with Crippen molar-refractivity contribution in [2.24, 2.45) is 4.99 Å². The van der Waals surface area contributed by atoms with Gasteiger partial charge in [-0.05, 0) is 31.9 Å². The van der Waals surface area contributed by atoms with E-state index in [1.807, 2.05) is 56.3 Å². The molecule has 4 nitrogen and oxygen atoms in total. The van der Waals surface area contributed by atoms with Gasteiger partial charge in [0.05, 0.1) is 5.54 Å². The summed E-state index contributed by atoms with van der Waals surface area (Å²) in [7, 11) is 0. The molecule has 0 saturated carbocycles. The molecule has 4 rings (SSSR count). The van der Waals surface area contributed by atoms with Crippen LogP contribution < -0.4 is 0 Å². The molecule has 2 aliphatic rings. The molecule has 2 aromatic rings. The Hall–Kier alpha value is -2.17. The number of rotatable bonds is 4. The molecule has 0 radical (unpaired) electrons. The van der Waals surface area contributed by atoms with Gasteiger partial charge in [-0.2, -0.15) is 0 Å². The fourth-order valence-corrected chi connectivity index (χ4v) is 3.37. The Bertz CT molecular complexity index is 798. The second-order valence-corrected chi connectivity index (χ2v) is 7.53. The maximum atomic E-state index is 11.1. The first-order valence-electron chi connectivity index (χ1n) is 8.63. The zero-order valence-corrected chi connectivity index (χ0v) is 14.8. The molecule has 2 heterocycles. The molecule has 0 bridgehead atoms. The molecular weight excluding hydrogens is 314 g/mol. The summed E-state index contributed by atoms with van der Waals surface area (Å²) < 4.78 is 12.0. The number of hydrogen-bond donors (Lipinski definition) is 1. The maximum absolute atomic E-state index is 11.1. The third-order valence-electron chi connectivity index (χ3n) is 4.85. The lowest BCUT2D eigenvalue weighted by atomic mass is 9.89. The van der Waals surface area contributed by atoms with E-state index in [4.69, 9.17) is 14.5 Å². The average Bonchev–Trinajstić information content (AvgIpc) is 3.26. The minimum atomic E-state index is -0.954. The summed E-state index contributed by atoms with van der Waals surface area (Å²) in [6, 6.07) is 17.8. The lowest BCUT2D eigenvalue weighted by molar-refractivity contribution is 0.0959. The number of benzene rings is 2. The van der Waals surface area contributed by atoms with Gasteiger partial charge in [0, 0.05) is 0 Å². The zero-order chi connectivity index (χ0) is 17.7. The summed E-state index contributed by atoms with van der Waals surface area (Å²) in [4.78, 5) is 4.70. The Morgan fingerprint density at radius 3 is 2.36 bits per heavy atom. The SMILES string of the molecule is Cc1ccc([C@H]2O[C@@]2(C2=NC(C)(C)CO2)[C@@H](O)c2ccccc2)cc1.